The molecular weight excluding hydrogens is 438 g/mol. The van der Waals surface area contributed by atoms with Gasteiger partial charge in [0.1, 0.15) is 0 Å². The number of aryl methyl sites for hydroxylation is 2. The largest absolute Gasteiger partial charge is 0.391 e. The number of benzene rings is 2. The van der Waals surface area contributed by atoms with Gasteiger partial charge in [0.25, 0.3) is 0 Å². The smallest absolute Gasteiger partial charge is 0.240 e. The lowest BCUT2D eigenvalue weighted by Gasteiger charge is -2.22. The van der Waals surface area contributed by atoms with Crippen LogP contribution in [-0.4, -0.2) is 41.0 Å². The van der Waals surface area contributed by atoms with Crippen LogP contribution >= 0.6 is 15.9 Å². The first-order chi connectivity index (χ1) is 12.2. The van der Waals surface area contributed by atoms with E-state index in [0.717, 1.165) is 11.1 Å². The molecule has 0 amide bonds. The molecule has 26 heavy (non-hydrogen) atoms. The van der Waals surface area contributed by atoms with Crippen molar-refractivity contribution in [2.45, 2.75) is 35.8 Å². The van der Waals surface area contributed by atoms with Gasteiger partial charge < -0.3 is 5.11 Å². The fourth-order valence-corrected chi connectivity index (χ4v) is 5.36. The fourth-order valence-electron chi connectivity index (χ4n) is 2.27. The first-order valence-electron chi connectivity index (χ1n) is 8.01. The van der Waals surface area contributed by atoms with Crippen LogP contribution in [0.3, 0.4) is 0 Å². The predicted molar refractivity (Wildman–Crippen MR) is 108 cm³/mol. The van der Waals surface area contributed by atoms with Gasteiger partial charge in [0.15, 0.2) is 0 Å². The molecule has 2 aromatic rings. The van der Waals surface area contributed by atoms with Crippen LogP contribution in [0.15, 0.2) is 58.3 Å². The van der Waals surface area contributed by atoms with Crippen molar-refractivity contribution in [2.24, 2.45) is 0 Å². The van der Waals surface area contributed by atoms with Gasteiger partial charge in [-0.25, -0.2) is 13.1 Å². The maximum atomic E-state index is 12.6. The van der Waals surface area contributed by atoms with Crippen molar-refractivity contribution in [3.63, 3.8) is 0 Å². The van der Waals surface area contributed by atoms with Gasteiger partial charge in [-0.1, -0.05) is 51.3 Å². The van der Waals surface area contributed by atoms with Gasteiger partial charge >= 0.3 is 0 Å². The van der Waals surface area contributed by atoms with Gasteiger partial charge in [0.05, 0.1) is 27.8 Å². The first kappa shape index (κ1) is 21.2. The highest BCUT2D eigenvalue weighted by atomic mass is 79.9. The third-order valence-electron chi connectivity index (χ3n) is 3.88. The Hall–Kier alpha value is -1.06. The molecule has 0 bridgehead atoms. The van der Waals surface area contributed by atoms with Crippen molar-refractivity contribution in [2.75, 3.05) is 11.1 Å². The zero-order valence-electron chi connectivity index (χ0n) is 14.6. The Morgan fingerprint density at radius 2 is 1.54 bits per heavy atom. The van der Waals surface area contributed by atoms with Gasteiger partial charge in [-0.3, -0.25) is 4.21 Å². The maximum Gasteiger partial charge on any atom is 0.240 e. The number of rotatable bonds is 8. The summed E-state index contributed by atoms with van der Waals surface area (Å²) >= 11 is 3.16. The highest BCUT2D eigenvalue weighted by Crippen LogP contribution is 2.15. The highest BCUT2D eigenvalue weighted by molar-refractivity contribution is 9.09. The van der Waals surface area contributed by atoms with E-state index >= 15 is 0 Å². The van der Waals surface area contributed by atoms with E-state index in [4.69, 9.17) is 0 Å². The summed E-state index contributed by atoms with van der Waals surface area (Å²) in [6.45, 7) is 3.80. The third-order valence-corrected chi connectivity index (χ3v) is 7.50. The second kappa shape index (κ2) is 9.23. The minimum Gasteiger partial charge on any atom is -0.391 e. The summed E-state index contributed by atoms with van der Waals surface area (Å²) in [6, 6.07) is 12.7. The fraction of sp³-hybridized carbons (Fsp3) is 0.333. The molecule has 0 fully saturated rings. The Labute approximate surface area is 165 Å². The molecular formula is C18H22BrNO4S2. The number of halogens is 1. The molecule has 2 rings (SSSR count). The number of hydrogen-bond donors (Lipinski definition) is 2. The minimum absolute atomic E-state index is 0.0269. The topological polar surface area (TPSA) is 83.5 Å². The summed E-state index contributed by atoms with van der Waals surface area (Å²) in [5.74, 6) is -0.0269. The molecule has 8 heteroatoms. The molecule has 0 aliphatic carbocycles. The molecule has 0 aliphatic heterocycles. The second-order valence-electron chi connectivity index (χ2n) is 6.09. The summed E-state index contributed by atoms with van der Waals surface area (Å²) in [6.07, 6.45) is -1.01. The highest BCUT2D eigenvalue weighted by Gasteiger charge is 2.27. The Bertz CT molecular complexity index is 852. The van der Waals surface area contributed by atoms with Crippen LogP contribution in [0.25, 0.3) is 0 Å². The van der Waals surface area contributed by atoms with E-state index in [1.165, 1.54) is 12.1 Å². The Kier molecular flexibility index (Phi) is 7.54. The molecule has 3 atom stereocenters. The quantitative estimate of drug-likeness (QED) is 0.593. The Morgan fingerprint density at radius 3 is 2.04 bits per heavy atom. The van der Waals surface area contributed by atoms with Crippen LogP contribution in [0.5, 0.6) is 0 Å². The number of hydrogen-bond acceptors (Lipinski definition) is 4. The molecule has 2 N–H and O–H groups in total. The van der Waals surface area contributed by atoms with Gasteiger partial charge in [-0.05, 0) is 38.1 Å². The van der Waals surface area contributed by atoms with Gasteiger partial charge in [0.2, 0.25) is 10.0 Å². The molecule has 0 aromatic heterocycles. The SMILES string of the molecule is Cc1ccc([S@](=O)C[C@H](NS(=O)(=O)c2ccc(C)cc2)[C@@H](O)CBr)cc1. The van der Waals surface area contributed by atoms with E-state index in [0.29, 0.717) is 4.90 Å². The van der Waals surface area contributed by atoms with Gasteiger partial charge in [-0.15, -0.1) is 0 Å². The lowest BCUT2D eigenvalue weighted by molar-refractivity contribution is 0.170. The lowest BCUT2D eigenvalue weighted by Crippen LogP contribution is -2.47. The maximum absolute atomic E-state index is 12.6. The molecule has 0 aliphatic rings. The zero-order valence-corrected chi connectivity index (χ0v) is 17.8. The molecule has 0 spiro atoms. The van der Waals surface area contributed by atoms with Crippen molar-refractivity contribution in [3.05, 3.63) is 59.7 Å². The van der Waals surface area contributed by atoms with Gasteiger partial charge in [0, 0.05) is 16.0 Å². The van der Waals surface area contributed by atoms with Crippen molar-refractivity contribution < 1.29 is 17.7 Å². The number of aliphatic hydroxyl groups excluding tert-OH is 1. The van der Waals surface area contributed by atoms with Crippen LogP contribution in [0.1, 0.15) is 11.1 Å². The summed E-state index contributed by atoms with van der Waals surface area (Å²) in [5, 5.41) is 10.4. The van der Waals surface area contributed by atoms with Crippen molar-refractivity contribution in [1.82, 2.24) is 4.72 Å². The van der Waals surface area contributed by atoms with Crippen molar-refractivity contribution in [3.8, 4) is 0 Å². The van der Waals surface area contributed by atoms with Crippen LogP contribution in [0.2, 0.25) is 0 Å². The average Bonchev–Trinajstić information content (AvgIpc) is 2.61. The van der Waals surface area contributed by atoms with Crippen LogP contribution in [0, 0.1) is 13.8 Å². The minimum atomic E-state index is -3.83. The number of alkyl halides is 1. The summed E-state index contributed by atoms with van der Waals surface area (Å²) in [4.78, 5) is 0.702. The molecule has 5 nitrogen and oxygen atoms in total. The molecule has 2 aromatic carbocycles. The lowest BCUT2D eigenvalue weighted by atomic mass is 10.2. The zero-order chi connectivity index (χ0) is 19.3. The first-order valence-corrected chi connectivity index (χ1v) is 11.9. The summed E-state index contributed by atoms with van der Waals surface area (Å²) in [7, 11) is -5.28. The normalized spacial score (nSPS) is 15.4. The van der Waals surface area contributed by atoms with Crippen LogP contribution in [-0.2, 0) is 20.8 Å². The van der Waals surface area contributed by atoms with E-state index in [2.05, 4.69) is 20.7 Å². The van der Waals surface area contributed by atoms with Crippen molar-refractivity contribution in [1.29, 1.82) is 0 Å². The van der Waals surface area contributed by atoms with Gasteiger partial charge in [-0.2, -0.15) is 0 Å². The molecule has 0 heterocycles. The van der Waals surface area contributed by atoms with E-state index in [1.54, 1.807) is 24.3 Å². The molecule has 142 valence electrons. The Morgan fingerprint density at radius 1 is 1.04 bits per heavy atom. The van der Waals surface area contributed by atoms with E-state index in [9.17, 15) is 17.7 Å². The third kappa shape index (κ3) is 5.72. The number of aliphatic hydroxyl groups is 1. The van der Waals surface area contributed by atoms with Crippen LogP contribution in [0.4, 0.5) is 0 Å². The monoisotopic (exact) mass is 459 g/mol. The van der Waals surface area contributed by atoms with Crippen LogP contribution < -0.4 is 4.72 Å². The van der Waals surface area contributed by atoms with E-state index in [1.807, 2.05) is 26.0 Å². The molecule has 0 radical (unpaired) electrons. The van der Waals surface area contributed by atoms with Crippen molar-refractivity contribution >= 4 is 36.8 Å². The van der Waals surface area contributed by atoms with E-state index in [-0.39, 0.29) is 16.0 Å². The Balaban J connectivity index is 2.20. The predicted octanol–water partition coefficient (Wildman–Crippen LogP) is 2.51. The summed E-state index contributed by atoms with van der Waals surface area (Å²) < 4.78 is 40.3. The van der Waals surface area contributed by atoms with E-state index < -0.39 is 33.0 Å². The number of nitrogens with one attached hydrogen (secondary N) is 1. The summed E-state index contributed by atoms with van der Waals surface area (Å²) in [5.41, 5.74) is 1.99. The average molecular weight is 460 g/mol. The molecule has 0 saturated carbocycles. The standard InChI is InChI=1S/C18H22BrNO4S2/c1-13-3-7-15(8-4-13)25(22)12-17(18(21)11-19)20-26(23,24)16-9-5-14(2)6-10-16/h3-10,17-18,20-21H,11-12H2,1-2H3/t17-,18-,25+/m0/s1. The number of sulfonamides is 1. The second-order valence-corrected chi connectivity index (χ2v) is 9.94. The molecule has 0 saturated heterocycles. The molecule has 0 unspecified atom stereocenters.